The second kappa shape index (κ2) is 8.03. The van der Waals surface area contributed by atoms with E-state index in [1.54, 1.807) is 36.4 Å². The largest absolute Gasteiger partial charge is 0.493 e. The maximum Gasteiger partial charge on any atom is 0.290 e. The molecule has 1 saturated heterocycles. The van der Waals surface area contributed by atoms with E-state index in [9.17, 15) is 9.59 Å². The van der Waals surface area contributed by atoms with Gasteiger partial charge in [0.2, 0.25) is 0 Å². The SMILES string of the molecule is COc1cc(/C=C2\SC(=O)NC2=O)ccc1OCc1ccc(Cl)c(Cl)c1. The van der Waals surface area contributed by atoms with Crippen molar-refractivity contribution >= 4 is 52.2 Å². The Labute approximate surface area is 164 Å². The highest BCUT2D eigenvalue weighted by atomic mass is 35.5. The van der Waals surface area contributed by atoms with Crippen molar-refractivity contribution in [3.63, 3.8) is 0 Å². The number of amides is 2. The lowest BCUT2D eigenvalue weighted by Crippen LogP contribution is -2.17. The monoisotopic (exact) mass is 409 g/mol. The number of hydrogen-bond donors (Lipinski definition) is 1. The minimum Gasteiger partial charge on any atom is -0.493 e. The number of imide groups is 1. The summed E-state index contributed by atoms with van der Waals surface area (Å²) in [6.45, 7) is 0.292. The summed E-state index contributed by atoms with van der Waals surface area (Å²) in [5, 5.41) is 2.78. The van der Waals surface area contributed by atoms with E-state index in [2.05, 4.69) is 5.32 Å². The van der Waals surface area contributed by atoms with Crippen molar-refractivity contribution in [2.24, 2.45) is 0 Å². The lowest BCUT2D eigenvalue weighted by atomic mass is 10.2. The first-order valence-electron chi connectivity index (χ1n) is 7.46. The quantitative estimate of drug-likeness (QED) is 0.710. The van der Waals surface area contributed by atoms with E-state index in [1.807, 2.05) is 6.07 Å². The van der Waals surface area contributed by atoms with Crippen molar-refractivity contribution in [2.75, 3.05) is 7.11 Å². The van der Waals surface area contributed by atoms with E-state index >= 15 is 0 Å². The molecule has 26 heavy (non-hydrogen) atoms. The predicted octanol–water partition coefficient (Wildman–Crippen LogP) is 4.90. The molecule has 1 heterocycles. The van der Waals surface area contributed by atoms with Crippen LogP contribution in [-0.2, 0) is 11.4 Å². The van der Waals surface area contributed by atoms with Gasteiger partial charge in [-0.3, -0.25) is 14.9 Å². The van der Waals surface area contributed by atoms with Crippen LogP contribution in [0, 0.1) is 0 Å². The molecule has 0 atom stereocenters. The number of benzene rings is 2. The van der Waals surface area contributed by atoms with Crippen molar-refractivity contribution in [2.45, 2.75) is 6.61 Å². The van der Waals surface area contributed by atoms with E-state index < -0.39 is 5.91 Å². The van der Waals surface area contributed by atoms with Crippen LogP contribution < -0.4 is 14.8 Å². The molecule has 1 aliphatic rings. The molecule has 1 N–H and O–H groups in total. The van der Waals surface area contributed by atoms with Crippen LogP contribution in [0.3, 0.4) is 0 Å². The zero-order valence-corrected chi connectivity index (χ0v) is 15.9. The van der Waals surface area contributed by atoms with Crippen LogP contribution >= 0.6 is 35.0 Å². The standard InChI is InChI=1S/C18H13Cl2NO4S/c1-24-15-7-10(8-16-17(22)21-18(23)26-16)3-5-14(15)25-9-11-2-4-12(19)13(20)6-11/h2-8H,9H2,1H3,(H,21,22,23)/b16-8-. The Kier molecular flexibility index (Phi) is 5.76. The molecule has 0 saturated carbocycles. The Hall–Kier alpha value is -2.15. The fraction of sp³-hybridized carbons (Fsp3) is 0.111. The van der Waals surface area contributed by atoms with Gasteiger partial charge in [0.15, 0.2) is 11.5 Å². The molecule has 0 aliphatic carbocycles. The number of methoxy groups -OCH3 is 1. The molecule has 0 unspecified atom stereocenters. The molecule has 0 aromatic heterocycles. The molecule has 3 rings (SSSR count). The topological polar surface area (TPSA) is 64.6 Å². The van der Waals surface area contributed by atoms with Gasteiger partial charge in [-0.2, -0.15) is 0 Å². The van der Waals surface area contributed by atoms with Crippen LogP contribution in [-0.4, -0.2) is 18.3 Å². The zero-order chi connectivity index (χ0) is 18.7. The highest BCUT2D eigenvalue weighted by Crippen LogP contribution is 2.32. The molecule has 0 bridgehead atoms. The molecule has 1 aliphatic heterocycles. The lowest BCUT2D eigenvalue weighted by Gasteiger charge is -2.12. The number of rotatable bonds is 5. The van der Waals surface area contributed by atoms with E-state index in [0.29, 0.717) is 33.1 Å². The third kappa shape index (κ3) is 4.33. The summed E-state index contributed by atoms with van der Waals surface area (Å²) in [6, 6.07) is 10.5. The van der Waals surface area contributed by atoms with Crippen molar-refractivity contribution in [3.8, 4) is 11.5 Å². The van der Waals surface area contributed by atoms with Gasteiger partial charge in [-0.05, 0) is 53.2 Å². The highest BCUT2D eigenvalue weighted by molar-refractivity contribution is 8.18. The number of ether oxygens (including phenoxy) is 2. The fourth-order valence-corrected chi connectivity index (χ4v) is 3.26. The number of carbonyl (C=O) groups excluding carboxylic acids is 2. The fourth-order valence-electron chi connectivity index (χ4n) is 2.26. The number of hydrogen-bond acceptors (Lipinski definition) is 5. The average molecular weight is 410 g/mol. The summed E-state index contributed by atoms with van der Waals surface area (Å²) < 4.78 is 11.1. The summed E-state index contributed by atoms with van der Waals surface area (Å²) in [5.41, 5.74) is 1.58. The van der Waals surface area contributed by atoms with Crippen molar-refractivity contribution in [1.29, 1.82) is 0 Å². The first-order chi connectivity index (χ1) is 12.5. The van der Waals surface area contributed by atoms with Gasteiger partial charge < -0.3 is 9.47 Å². The minimum absolute atomic E-state index is 0.292. The normalized spacial score (nSPS) is 15.3. The Morgan fingerprint density at radius 3 is 2.54 bits per heavy atom. The molecule has 2 aromatic rings. The molecule has 1 fully saturated rings. The second-order valence-corrected chi connectivity index (χ2v) is 7.13. The molecule has 0 radical (unpaired) electrons. The Bertz CT molecular complexity index is 914. The van der Waals surface area contributed by atoms with Crippen LogP contribution in [0.2, 0.25) is 10.0 Å². The second-order valence-electron chi connectivity index (χ2n) is 5.30. The third-order valence-corrected chi connectivity index (χ3v) is 5.06. The van der Waals surface area contributed by atoms with Crippen LogP contribution in [0.15, 0.2) is 41.3 Å². The summed E-state index contributed by atoms with van der Waals surface area (Å²) in [4.78, 5) is 23.2. The smallest absolute Gasteiger partial charge is 0.290 e. The summed E-state index contributed by atoms with van der Waals surface area (Å²) >= 11 is 12.8. The number of halogens is 2. The van der Waals surface area contributed by atoms with E-state index in [1.165, 1.54) is 7.11 Å². The molecule has 2 aromatic carbocycles. The van der Waals surface area contributed by atoms with E-state index in [0.717, 1.165) is 22.9 Å². The van der Waals surface area contributed by atoms with Gasteiger partial charge in [-0.1, -0.05) is 35.3 Å². The lowest BCUT2D eigenvalue weighted by molar-refractivity contribution is -0.115. The van der Waals surface area contributed by atoms with Crippen LogP contribution in [0.25, 0.3) is 6.08 Å². The number of thioether (sulfide) groups is 1. The highest BCUT2D eigenvalue weighted by Gasteiger charge is 2.25. The molecule has 134 valence electrons. The van der Waals surface area contributed by atoms with Gasteiger partial charge in [0.1, 0.15) is 6.61 Å². The van der Waals surface area contributed by atoms with Gasteiger partial charge in [0.05, 0.1) is 22.1 Å². The maximum absolute atomic E-state index is 11.6. The summed E-state index contributed by atoms with van der Waals surface area (Å²) in [6.07, 6.45) is 1.62. The minimum atomic E-state index is -0.404. The first-order valence-corrected chi connectivity index (χ1v) is 9.03. The van der Waals surface area contributed by atoms with Crippen molar-refractivity contribution in [1.82, 2.24) is 5.32 Å². The third-order valence-electron chi connectivity index (χ3n) is 3.51. The molecular formula is C18H13Cl2NO4S. The average Bonchev–Trinajstić information content (AvgIpc) is 2.93. The van der Waals surface area contributed by atoms with Crippen LogP contribution in [0.5, 0.6) is 11.5 Å². The van der Waals surface area contributed by atoms with E-state index in [-0.39, 0.29) is 5.24 Å². The summed E-state index contributed by atoms with van der Waals surface area (Å²) in [7, 11) is 1.53. The van der Waals surface area contributed by atoms with E-state index in [4.69, 9.17) is 32.7 Å². The van der Waals surface area contributed by atoms with Crippen molar-refractivity contribution < 1.29 is 19.1 Å². The zero-order valence-electron chi connectivity index (χ0n) is 13.5. The maximum atomic E-state index is 11.6. The van der Waals surface area contributed by atoms with Crippen LogP contribution in [0.4, 0.5) is 4.79 Å². The summed E-state index contributed by atoms with van der Waals surface area (Å²) in [5.74, 6) is 0.647. The molecule has 0 spiro atoms. The first kappa shape index (κ1) is 18.6. The van der Waals surface area contributed by atoms with Crippen molar-refractivity contribution in [3.05, 3.63) is 62.5 Å². The molecular weight excluding hydrogens is 397 g/mol. The van der Waals surface area contributed by atoms with Gasteiger partial charge in [0, 0.05) is 0 Å². The molecule has 8 heteroatoms. The Balaban J connectivity index is 1.76. The molecule has 5 nitrogen and oxygen atoms in total. The van der Waals surface area contributed by atoms with Gasteiger partial charge in [-0.15, -0.1) is 0 Å². The van der Waals surface area contributed by atoms with Gasteiger partial charge >= 0.3 is 0 Å². The Morgan fingerprint density at radius 1 is 1.08 bits per heavy atom. The number of carbonyl (C=O) groups is 2. The Morgan fingerprint density at radius 2 is 1.88 bits per heavy atom. The van der Waals surface area contributed by atoms with Crippen LogP contribution in [0.1, 0.15) is 11.1 Å². The van der Waals surface area contributed by atoms with Gasteiger partial charge in [0.25, 0.3) is 11.1 Å². The van der Waals surface area contributed by atoms with Gasteiger partial charge in [-0.25, -0.2) is 0 Å². The molecule has 2 amide bonds. The number of nitrogens with one attached hydrogen (secondary N) is 1. The predicted molar refractivity (Wildman–Crippen MR) is 103 cm³/mol.